The van der Waals surface area contributed by atoms with Gasteiger partial charge in [-0.3, -0.25) is 14.5 Å². The number of carbonyl (C=O) groups excluding carboxylic acids is 2. The molecule has 2 amide bonds. The molecule has 1 unspecified atom stereocenters. The van der Waals surface area contributed by atoms with Crippen LogP contribution in [0.4, 0.5) is 0 Å². The van der Waals surface area contributed by atoms with Gasteiger partial charge in [-0.1, -0.05) is 6.92 Å². The molecule has 6 nitrogen and oxygen atoms in total. The zero-order valence-corrected chi connectivity index (χ0v) is 12.1. The fourth-order valence-electron chi connectivity index (χ4n) is 2.10. The maximum absolute atomic E-state index is 12.0. The Balaban J connectivity index is 2.31. The SMILES string of the molecule is C#CCC(N)C(=O)N1CCN(CC(=O)NCCC)CC1. The number of nitrogens with one attached hydrogen (secondary N) is 1. The van der Waals surface area contributed by atoms with Gasteiger partial charge in [0, 0.05) is 39.1 Å². The van der Waals surface area contributed by atoms with Crippen LogP contribution in [0.25, 0.3) is 0 Å². The van der Waals surface area contributed by atoms with Crippen LogP contribution in [-0.4, -0.2) is 66.9 Å². The van der Waals surface area contributed by atoms with Gasteiger partial charge in [0.05, 0.1) is 12.6 Å². The highest BCUT2D eigenvalue weighted by Crippen LogP contribution is 2.04. The molecule has 1 fully saturated rings. The lowest BCUT2D eigenvalue weighted by atomic mass is 10.2. The van der Waals surface area contributed by atoms with Gasteiger partial charge in [-0.2, -0.15) is 0 Å². The summed E-state index contributed by atoms with van der Waals surface area (Å²) in [4.78, 5) is 27.3. The van der Waals surface area contributed by atoms with Crippen molar-refractivity contribution >= 4 is 11.8 Å². The predicted molar refractivity (Wildman–Crippen MR) is 77.7 cm³/mol. The molecule has 1 saturated heterocycles. The number of hydrogen-bond acceptors (Lipinski definition) is 4. The number of nitrogens with zero attached hydrogens (tertiary/aromatic N) is 2. The van der Waals surface area contributed by atoms with Crippen molar-refractivity contribution in [3.8, 4) is 12.3 Å². The van der Waals surface area contributed by atoms with Gasteiger partial charge in [-0.05, 0) is 6.42 Å². The number of piperazine rings is 1. The van der Waals surface area contributed by atoms with Crippen LogP contribution < -0.4 is 11.1 Å². The van der Waals surface area contributed by atoms with Gasteiger partial charge in [-0.25, -0.2) is 0 Å². The summed E-state index contributed by atoms with van der Waals surface area (Å²) in [6.07, 6.45) is 6.35. The number of hydrogen-bond donors (Lipinski definition) is 2. The molecular weight excluding hydrogens is 256 g/mol. The van der Waals surface area contributed by atoms with E-state index in [2.05, 4.69) is 11.2 Å². The molecule has 1 aliphatic rings. The first-order valence-corrected chi connectivity index (χ1v) is 7.05. The van der Waals surface area contributed by atoms with Crippen LogP contribution in [0.5, 0.6) is 0 Å². The van der Waals surface area contributed by atoms with E-state index in [4.69, 9.17) is 12.2 Å². The summed E-state index contributed by atoms with van der Waals surface area (Å²) >= 11 is 0. The highest BCUT2D eigenvalue weighted by molar-refractivity contribution is 5.82. The molecule has 1 rings (SSSR count). The van der Waals surface area contributed by atoms with Gasteiger partial charge in [0.2, 0.25) is 11.8 Å². The molecule has 20 heavy (non-hydrogen) atoms. The lowest BCUT2D eigenvalue weighted by Crippen LogP contribution is -2.54. The molecule has 0 aliphatic carbocycles. The molecule has 1 heterocycles. The minimum absolute atomic E-state index is 0.0376. The Bertz CT molecular complexity index is 370. The van der Waals surface area contributed by atoms with Crippen molar-refractivity contribution in [2.24, 2.45) is 5.73 Å². The Labute approximate surface area is 120 Å². The largest absolute Gasteiger partial charge is 0.355 e. The van der Waals surface area contributed by atoms with Crippen molar-refractivity contribution in [2.75, 3.05) is 39.3 Å². The molecule has 1 atom stereocenters. The quantitative estimate of drug-likeness (QED) is 0.612. The minimum Gasteiger partial charge on any atom is -0.355 e. The van der Waals surface area contributed by atoms with Crippen LogP contribution in [0.1, 0.15) is 19.8 Å². The molecule has 0 saturated carbocycles. The Kier molecular flexibility index (Phi) is 7.05. The average Bonchev–Trinajstić information content (AvgIpc) is 2.45. The lowest BCUT2D eigenvalue weighted by Gasteiger charge is -2.35. The summed E-state index contributed by atoms with van der Waals surface area (Å²) in [6.45, 7) is 5.68. The Morgan fingerprint density at radius 1 is 1.35 bits per heavy atom. The van der Waals surface area contributed by atoms with Crippen molar-refractivity contribution in [1.82, 2.24) is 15.1 Å². The van der Waals surface area contributed by atoms with Gasteiger partial charge in [-0.15, -0.1) is 12.3 Å². The van der Waals surface area contributed by atoms with Crippen molar-refractivity contribution in [3.63, 3.8) is 0 Å². The molecule has 112 valence electrons. The highest BCUT2D eigenvalue weighted by Gasteiger charge is 2.25. The number of carbonyl (C=O) groups is 2. The Hall–Kier alpha value is -1.58. The first-order valence-electron chi connectivity index (χ1n) is 7.05. The molecule has 1 aliphatic heterocycles. The first kappa shape index (κ1) is 16.5. The fourth-order valence-corrected chi connectivity index (χ4v) is 2.10. The summed E-state index contributed by atoms with van der Waals surface area (Å²) in [5.41, 5.74) is 5.72. The third-order valence-corrected chi connectivity index (χ3v) is 3.28. The second kappa shape index (κ2) is 8.56. The number of rotatable bonds is 6. The average molecular weight is 280 g/mol. The van der Waals surface area contributed by atoms with Gasteiger partial charge in [0.1, 0.15) is 0 Å². The van der Waals surface area contributed by atoms with Gasteiger partial charge in [0.25, 0.3) is 0 Å². The second-order valence-corrected chi connectivity index (χ2v) is 4.97. The topological polar surface area (TPSA) is 78.7 Å². The molecular formula is C14H24N4O2. The number of terminal acetylenes is 1. The zero-order chi connectivity index (χ0) is 15.0. The Morgan fingerprint density at radius 2 is 2.00 bits per heavy atom. The second-order valence-electron chi connectivity index (χ2n) is 4.97. The van der Waals surface area contributed by atoms with Crippen LogP contribution in [0.3, 0.4) is 0 Å². The van der Waals surface area contributed by atoms with E-state index in [9.17, 15) is 9.59 Å². The molecule has 0 spiro atoms. The third-order valence-electron chi connectivity index (χ3n) is 3.28. The first-order chi connectivity index (χ1) is 9.58. The van der Waals surface area contributed by atoms with Crippen LogP contribution in [0, 0.1) is 12.3 Å². The van der Waals surface area contributed by atoms with E-state index >= 15 is 0 Å². The molecule has 0 radical (unpaired) electrons. The number of amides is 2. The zero-order valence-electron chi connectivity index (χ0n) is 12.1. The van der Waals surface area contributed by atoms with Gasteiger partial charge in [0.15, 0.2) is 0 Å². The van der Waals surface area contributed by atoms with E-state index in [1.165, 1.54) is 0 Å². The highest BCUT2D eigenvalue weighted by atomic mass is 16.2. The van der Waals surface area contributed by atoms with Crippen molar-refractivity contribution in [2.45, 2.75) is 25.8 Å². The molecule has 0 aromatic carbocycles. The van der Waals surface area contributed by atoms with Crippen LogP contribution in [0.15, 0.2) is 0 Å². The molecule has 0 aromatic rings. The summed E-state index contributed by atoms with van der Waals surface area (Å²) in [5, 5.41) is 2.85. The maximum Gasteiger partial charge on any atom is 0.240 e. The van der Waals surface area contributed by atoms with E-state index in [0.717, 1.165) is 6.42 Å². The van der Waals surface area contributed by atoms with E-state index < -0.39 is 6.04 Å². The van der Waals surface area contributed by atoms with E-state index in [1.807, 2.05) is 11.8 Å². The lowest BCUT2D eigenvalue weighted by molar-refractivity contribution is -0.134. The summed E-state index contributed by atoms with van der Waals surface area (Å²) in [6, 6.07) is -0.612. The summed E-state index contributed by atoms with van der Waals surface area (Å²) in [5.74, 6) is 2.34. The smallest absolute Gasteiger partial charge is 0.240 e. The van der Waals surface area contributed by atoms with Crippen molar-refractivity contribution in [1.29, 1.82) is 0 Å². The molecule has 6 heteroatoms. The van der Waals surface area contributed by atoms with Crippen LogP contribution >= 0.6 is 0 Å². The van der Waals surface area contributed by atoms with Gasteiger partial charge < -0.3 is 16.0 Å². The molecule has 0 bridgehead atoms. The van der Waals surface area contributed by atoms with Crippen LogP contribution in [-0.2, 0) is 9.59 Å². The molecule has 3 N–H and O–H groups in total. The third kappa shape index (κ3) is 5.19. The van der Waals surface area contributed by atoms with Crippen molar-refractivity contribution < 1.29 is 9.59 Å². The van der Waals surface area contributed by atoms with E-state index in [1.54, 1.807) is 4.90 Å². The van der Waals surface area contributed by atoms with Crippen LogP contribution in [0.2, 0.25) is 0 Å². The Morgan fingerprint density at radius 3 is 2.55 bits per heavy atom. The van der Waals surface area contributed by atoms with Crippen molar-refractivity contribution in [3.05, 3.63) is 0 Å². The molecule has 0 aromatic heterocycles. The van der Waals surface area contributed by atoms with E-state index in [0.29, 0.717) is 39.3 Å². The predicted octanol–water partition coefficient (Wildman–Crippen LogP) is -0.993. The number of nitrogens with two attached hydrogens (primary N) is 1. The monoisotopic (exact) mass is 280 g/mol. The minimum atomic E-state index is -0.612. The summed E-state index contributed by atoms with van der Waals surface area (Å²) in [7, 11) is 0. The maximum atomic E-state index is 12.0. The summed E-state index contributed by atoms with van der Waals surface area (Å²) < 4.78 is 0. The standard InChI is InChI=1S/C14H24N4O2/c1-3-5-12(15)14(20)18-9-7-17(8-10-18)11-13(19)16-6-4-2/h1,12H,4-11,15H2,2H3,(H,16,19). The normalized spacial score (nSPS) is 17.4. The van der Waals surface area contributed by atoms with Gasteiger partial charge >= 0.3 is 0 Å². The fraction of sp³-hybridized carbons (Fsp3) is 0.714. The van der Waals surface area contributed by atoms with E-state index in [-0.39, 0.29) is 18.2 Å².